The van der Waals surface area contributed by atoms with Crippen molar-refractivity contribution in [2.45, 2.75) is 40.0 Å². The summed E-state index contributed by atoms with van der Waals surface area (Å²) in [6.45, 7) is 7.76. The molecule has 1 aromatic heterocycles. The van der Waals surface area contributed by atoms with E-state index in [4.69, 9.17) is 0 Å². The lowest BCUT2D eigenvalue weighted by atomic mass is 9.72. The highest BCUT2D eigenvalue weighted by Gasteiger charge is 2.42. The molecule has 0 saturated carbocycles. The Morgan fingerprint density at radius 1 is 1.14 bits per heavy atom. The molecular weight excluding hydrogens is 368 g/mol. The minimum Gasteiger partial charge on any atom is -0.356 e. The molecule has 1 fully saturated rings. The molecule has 28 heavy (non-hydrogen) atoms. The predicted molar refractivity (Wildman–Crippen MR) is 115 cm³/mol. The Bertz CT molecular complexity index is 789. The van der Waals surface area contributed by atoms with Crippen LogP contribution in [-0.2, 0) is 16.0 Å². The molecule has 1 aromatic carbocycles. The summed E-state index contributed by atoms with van der Waals surface area (Å²) in [7, 11) is 0. The fourth-order valence-corrected chi connectivity index (χ4v) is 4.71. The van der Waals surface area contributed by atoms with Crippen LogP contribution in [0.25, 0.3) is 10.4 Å². The summed E-state index contributed by atoms with van der Waals surface area (Å²) in [6.07, 6.45) is 2.14. The van der Waals surface area contributed by atoms with Crippen molar-refractivity contribution >= 4 is 23.2 Å². The maximum absolute atomic E-state index is 13.0. The zero-order valence-corrected chi connectivity index (χ0v) is 17.8. The fraction of sp³-hybridized carbons (Fsp3) is 0.478. The van der Waals surface area contributed by atoms with Crippen LogP contribution in [0.2, 0.25) is 0 Å². The molecular formula is C23H30N2O2S. The summed E-state index contributed by atoms with van der Waals surface area (Å²) in [4.78, 5) is 28.5. The zero-order valence-electron chi connectivity index (χ0n) is 17.0. The lowest BCUT2D eigenvalue weighted by Crippen LogP contribution is -2.51. The van der Waals surface area contributed by atoms with Crippen LogP contribution in [0.3, 0.4) is 0 Å². The van der Waals surface area contributed by atoms with Gasteiger partial charge in [-0.05, 0) is 48.8 Å². The molecule has 5 heteroatoms. The second kappa shape index (κ2) is 8.91. The normalized spacial score (nSPS) is 16.2. The van der Waals surface area contributed by atoms with Crippen molar-refractivity contribution in [3.05, 3.63) is 47.3 Å². The average Bonchev–Trinajstić information content (AvgIpc) is 3.23. The monoisotopic (exact) mass is 398 g/mol. The number of amides is 2. The molecule has 2 amide bonds. The Balaban J connectivity index is 1.76. The van der Waals surface area contributed by atoms with E-state index in [9.17, 15) is 9.59 Å². The molecule has 2 aromatic rings. The number of carbonyl (C=O) groups is 2. The van der Waals surface area contributed by atoms with Gasteiger partial charge in [0.2, 0.25) is 11.8 Å². The number of hydrogen-bond acceptors (Lipinski definition) is 3. The van der Waals surface area contributed by atoms with Crippen LogP contribution in [0.4, 0.5) is 0 Å². The van der Waals surface area contributed by atoms with E-state index in [2.05, 4.69) is 47.1 Å². The van der Waals surface area contributed by atoms with Crippen molar-refractivity contribution in [3.8, 4) is 10.4 Å². The van der Waals surface area contributed by atoms with Gasteiger partial charge >= 0.3 is 0 Å². The number of carbonyl (C=O) groups excluding carboxylic acids is 2. The summed E-state index contributed by atoms with van der Waals surface area (Å²) >= 11 is 1.73. The molecule has 1 saturated heterocycles. The summed E-state index contributed by atoms with van der Waals surface area (Å²) in [5.74, 6) is 0.306. The van der Waals surface area contributed by atoms with E-state index in [1.54, 1.807) is 11.3 Å². The van der Waals surface area contributed by atoms with Crippen LogP contribution in [-0.4, -0.2) is 36.3 Å². The second-order valence-corrected chi connectivity index (χ2v) is 8.92. The number of nitrogens with zero attached hydrogens (tertiary/aromatic N) is 1. The van der Waals surface area contributed by atoms with Crippen LogP contribution in [0.15, 0.2) is 41.8 Å². The summed E-state index contributed by atoms with van der Waals surface area (Å²) in [5, 5.41) is 5.12. The van der Waals surface area contributed by atoms with Gasteiger partial charge < -0.3 is 10.2 Å². The van der Waals surface area contributed by atoms with Gasteiger partial charge in [0.15, 0.2) is 0 Å². The van der Waals surface area contributed by atoms with E-state index >= 15 is 0 Å². The van der Waals surface area contributed by atoms with E-state index in [-0.39, 0.29) is 17.7 Å². The maximum Gasteiger partial charge on any atom is 0.226 e. The third-order valence-corrected chi connectivity index (χ3v) is 6.57. The minimum atomic E-state index is -0.436. The number of rotatable bonds is 6. The standard InChI is InChI=1S/C23H30N2O2S/c1-4-24-22(27)23(11-13-25(14-12-23)21(26)17(2)3)16-18-7-9-19(10-8-18)20-6-5-15-28-20/h5-10,15,17H,4,11-14,16H2,1-3H3,(H,24,27). The number of piperidine rings is 1. The maximum atomic E-state index is 13.0. The molecule has 0 spiro atoms. The van der Waals surface area contributed by atoms with Gasteiger partial charge in [-0.25, -0.2) is 0 Å². The third kappa shape index (κ3) is 4.46. The average molecular weight is 399 g/mol. The lowest BCUT2D eigenvalue weighted by Gasteiger charge is -2.41. The van der Waals surface area contributed by atoms with Gasteiger partial charge in [-0.3, -0.25) is 9.59 Å². The Kier molecular flexibility index (Phi) is 6.55. The largest absolute Gasteiger partial charge is 0.356 e. The van der Waals surface area contributed by atoms with Crippen molar-refractivity contribution in [1.29, 1.82) is 0 Å². The first-order valence-corrected chi connectivity index (χ1v) is 11.0. The minimum absolute atomic E-state index is 0.00163. The first kappa shape index (κ1) is 20.6. The Morgan fingerprint density at radius 3 is 2.36 bits per heavy atom. The third-order valence-electron chi connectivity index (χ3n) is 5.65. The molecule has 3 rings (SSSR count). The van der Waals surface area contributed by atoms with Gasteiger partial charge in [0.25, 0.3) is 0 Å². The summed E-state index contributed by atoms with van der Waals surface area (Å²) in [5.41, 5.74) is 1.95. The van der Waals surface area contributed by atoms with Gasteiger partial charge in [0.1, 0.15) is 0 Å². The first-order chi connectivity index (χ1) is 13.4. The Hall–Kier alpha value is -2.14. The smallest absolute Gasteiger partial charge is 0.226 e. The number of benzene rings is 1. The summed E-state index contributed by atoms with van der Waals surface area (Å²) in [6, 6.07) is 12.7. The molecule has 0 radical (unpaired) electrons. The highest BCUT2D eigenvalue weighted by molar-refractivity contribution is 7.13. The highest BCUT2D eigenvalue weighted by Crippen LogP contribution is 2.36. The van der Waals surface area contributed by atoms with E-state index in [0.717, 1.165) is 0 Å². The number of hydrogen-bond donors (Lipinski definition) is 1. The van der Waals surface area contributed by atoms with Crippen LogP contribution >= 0.6 is 11.3 Å². The van der Waals surface area contributed by atoms with Crippen LogP contribution in [0.1, 0.15) is 39.2 Å². The number of nitrogens with one attached hydrogen (secondary N) is 1. The molecule has 1 N–H and O–H groups in total. The van der Waals surface area contributed by atoms with Crippen molar-refractivity contribution < 1.29 is 9.59 Å². The van der Waals surface area contributed by atoms with Crippen LogP contribution in [0.5, 0.6) is 0 Å². The Morgan fingerprint density at radius 2 is 1.82 bits per heavy atom. The van der Waals surface area contributed by atoms with Crippen molar-refractivity contribution in [1.82, 2.24) is 10.2 Å². The van der Waals surface area contributed by atoms with Crippen LogP contribution in [0, 0.1) is 11.3 Å². The highest BCUT2D eigenvalue weighted by atomic mass is 32.1. The lowest BCUT2D eigenvalue weighted by molar-refractivity contribution is -0.142. The van der Waals surface area contributed by atoms with E-state index in [1.165, 1.54) is 16.0 Å². The van der Waals surface area contributed by atoms with E-state index in [1.807, 2.05) is 25.7 Å². The molecule has 0 atom stereocenters. The van der Waals surface area contributed by atoms with Crippen LogP contribution < -0.4 is 5.32 Å². The topological polar surface area (TPSA) is 49.4 Å². The molecule has 1 aliphatic rings. The SMILES string of the molecule is CCNC(=O)C1(Cc2ccc(-c3cccs3)cc2)CCN(C(=O)C(C)C)CC1. The second-order valence-electron chi connectivity index (χ2n) is 7.97. The first-order valence-electron chi connectivity index (χ1n) is 10.1. The molecule has 0 aliphatic carbocycles. The quantitative estimate of drug-likeness (QED) is 0.786. The number of likely N-dealkylation sites (tertiary alicyclic amines) is 1. The van der Waals surface area contributed by atoms with Gasteiger partial charge in [0.05, 0.1) is 5.41 Å². The predicted octanol–water partition coefficient (Wildman–Crippen LogP) is 4.36. The molecule has 0 unspecified atom stereocenters. The van der Waals surface area contributed by atoms with Gasteiger partial charge in [-0.1, -0.05) is 44.2 Å². The van der Waals surface area contributed by atoms with Crippen molar-refractivity contribution in [3.63, 3.8) is 0 Å². The van der Waals surface area contributed by atoms with Gasteiger partial charge in [0, 0.05) is 30.4 Å². The van der Waals surface area contributed by atoms with Gasteiger partial charge in [-0.15, -0.1) is 11.3 Å². The van der Waals surface area contributed by atoms with Crippen molar-refractivity contribution in [2.75, 3.05) is 19.6 Å². The fourth-order valence-electron chi connectivity index (χ4n) is 3.97. The zero-order chi connectivity index (χ0) is 20.1. The van der Waals surface area contributed by atoms with Crippen molar-refractivity contribution in [2.24, 2.45) is 11.3 Å². The molecule has 0 bridgehead atoms. The summed E-state index contributed by atoms with van der Waals surface area (Å²) < 4.78 is 0. The van der Waals surface area contributed by atoms with E-state index < -0.39 is 5.41 Å². The molecule has 4 nitrogen and oxygen atoms in total. The molecule has 150 valence electrons. The molecule has 1 aliphatic heterocycles. The van der Waals surface area contributed by atoms with E-state index in [0.29, 0.717) is 38.9 Å². The van der Waals surface area contributed by atoms with Gasteiger partial charge in [-0.2, -0.15) is 0 Å². The Labute approximate surface area is 172 Å². The molecule has 2 heterocycles. The number of thiophene rings is 1.